The smallest absolute Gasteiger partial charge is 0.419 e. The Balaban J connectivity index is 2.88. The third kappa shape index (κ3) is 4.14. The molecule has 0 radical (unpaired) electrons. The minimum Gasteiger partial charge on any atom is -0.419 e. The van der Waals surface area contributed by atoms with Crippen molar-refractivity contribution in [2.75, 3.05) is 14.1 Å². The number of carbonyl (C=O) groups excluding carboxylic acids is 1. The Morgan fingerprint density at radius 3 is 2.09 bits per heavy atom. The van der Waals surface area contributed by atoms with Gasteiger partial charge in [0, 0.05) is 19.9 Å². The third-order valence-corrected chi connectivity index (χ3v) is 4.37. The van der Waals surface area contributed by atoms with Gasteiger partial charge in [-0.3, -0.25) is 0 Å². The van der Waals surface area contributed by atoms with Crippen molar-refractivity contribution in [3.8, 4) is 0 Å². The van der Waals surface area contributed by atoms with Crippen LogP contribution in [0, 0.1) is 0 Å². The first kappa shape index (κ1) is 18.8. The van der Waals surface area contributed by atoms with Gasteiger partial charge >= 0.3 is 13.2 Å². The van der Waals surface area contributed by atoms with Gasteiger partial charge in [-0.1, -0.05) is 11.6 Å². The van der Waals surface area contributed by atoms with Crippen LogP contribution in [-0.4, -0.2) is 43.4 Å². The molecule has 0 aliphatic carbocycles. The fourth-order valence-electron chi connectivity index (χ4n) is 1.97. The van der Waals surface area contributed by atoms with Gasteiger partial charge in [0.25, 0.3) is 0 Å². The molecule has 1 fully saturated rings. The van der Waals surface area contributed by atoms with E-state index in [1.807, 2.05) is 47.6 Å². The summed E-state index contributed by atoms with van der Waals surface area (Å²) >= 11 is 0. The molecule has 6 heteroatoms. The fourth-order valence-corrected chi connectivity index (χ4v) is 1.97. The van der Waals surface area contributed by atoms with Gasteiger partial charge in [0.1, 0.15) is 0 Å². The van der Waals surface area contributed by atoms with Crippen LogP contribution < -0.4 is 0 Å². The summed E-state index contributed by atoms with van der Waals surface area (Å²) in [6, 6.07) is 0. The summed E-state index contributed by atoms with van der Waals surface area (Å²) in [6.07, 6.45) is 4.81. The first-order valence-corrected chi connectivity index (χ1v) is 7.55. The SMILES string of the molecule is C/C=C(\C)C(/C=C/OC(=O)N(C)C)B1OC(C)(C)C(C)(C)O1. The molecular formula is C16H28BNO4. The summed E-state index contributed by atoms with van der Waals surface area (Å²) in [5, 5.41) is 0. The van der Waals surface area contributed by atoms with Crippen molar-refractivity contribution in [2.45, 2.75) is 58.6 Å². The Labute approximate surface area is 134 Å². The van der Waals surface area contributed by atoms with Crippen LogP contribution in [0.3, 0.4) is 0 Å². The molecule has 1 atom stereocenters. The molecule has 22 heavy (non-hydrogen) atoms. The number of amides is 1. The highest BCUT2D eigenvalue weighted by Crippen LogP contribution is 2.42. The Kier molecular flexibility index (Phi) is 5.87. The van der Waals surface area contributed by atoms with Crippen LogP contribution in [-0.2, 0) is 14.0 Å². The van der Waals surface area contributed by atoms with E-state index in [-0.39, 0.29) is 5.82 Å². The number of hydrogen-bond acceptors (Lipinski definition) is 4. The standard InChI is InChI=1S/C16H28BNO4/c1-9-12(2)13(10-11-20-14(19)18(7)8)17-21-15(3,4)16(5,6)22-17/h9-11,13H,1-8H3/b11-10+,12-9+. The summed E-state index contributed by atoms with van der Waals surface area (Å²) in [5.41, 5.74) is 0.312. The molecule has 0 bridgehead atoms. The largest absolute Gasteiger partial charge is 0.469 e. The van der Waals surface area contributed by atoms with Gasteiger partial charge in [-0.2, -0.15) is 0 Å². The normalized spacial score (nSPS) is 22.0. The third-order valence-electron chi connectivity index (χ3n) is 4.37. The zero-order chi connectivity index (χ0) is 17.1. The number of nitrogens with zero attached hydrogens (tertiary/aromatic N) is 1. The van der Waals surface area contributed by atoms with Crippen LogP contribution >= 0.6 is 0 Å². The zero-order valence-electron chi connectivity index (χ0n) is 15.0. The number of ether oxygens (including phenoxy) is 1. The van der Waals surface area contributed by atoms with Crippen molar-refractivity contribution in [1.82, 2.24) is 4.90 Å². The summed E-state index contributed by atoms with van der Waals surface area (Å²) in [6.45, 7) is 12.0. The van der Waals surface area contributed by atoms with E-state index in [1.165, 1.54) is 11.2 Å². The predicted octanol–water partition coefficient (Wildman–Crippen LogP) is 3.63. The van der Waals surface area contributed by atoms with E-state index in [0.29, 0.717) is 0 Å². The lowest BCUT2D eigenvalue weighted by molar-refractivity contribution is 0.00578. The molecule has 1 unspecified atom stereocenters. The summed E-state index contributed by atoms with van der Waals surface area (Å²) in [5.74, 6) is -0.110. The molecule has 1 rings (SSSR count). The molecule has 0 aromatic heterocycles. The number of rotatable bonds is 4. The molecular weight excluding hydrogens is 281 g/mol. The van der Waals surface area contributed by atoms with E-state index in [4.69, 9.17) is 14.0 Å². The van der Waals surface area contributed by atoms with Gasteiger partial charge in [0.2, 0.25) is 0 Å². The Morgan fingerprint density at radius 2 is 1.68 bits per heavy atom. The highest BCUT2D eigenvalue weighted by Gasteiger charge is 2.53. The summed E-state index contributed by atoms with van der Waals surface area (Å²) in [4.78, 5) is 12.8. The number of carbonyl (C=O) groups is 1. The van der Waals surface area contributed by atoms with Crippen molar-refractivity contribution in [2.24, 2.45) is 0 Å². The second-order valence-corrected chi connectivity index (χ2v) is 6.79. The van der Waals surface area contributed by atoms with Crippen molar-refractivity contribution in [3.63, 3.8) is 0 Å². The molecule has 0 spiro atoms. The summed E-state index contributed by atoms with van der Waals surface area (Å²) in [7, 11) is 2.87. The molecule has 0 aromatic rings. The van der Waals surface area contributed by atoms with Crippen LogP contribution in [0.5, 0.6) is 0 Å². The fraction of sp³-hybridized carbons (Fsp3) is 0.688. The average Bonchev–Trinajstić information content (AvgIpc) is 2.62. The molecule has 1 amide bonds. The molecule has 1 saturated heterocycles. The highest BCUT2D eigenvalue weighted by molar-refractivity contribution is 6.49. The second-order valence-electron chi connectivity index (χ2n) is 6.79. The van der Waals surface area contributed by atoms with Gasteiger partial charge < -0.3 is 18.9 Å². The van der Waals surface area contributed by atoms with Crippen molar-refractivity contribution in [1.29, 1.82) is 0 Å². The second kappa shape index (κ2) is 6.88. The monoisotopic (exact) mass is 309 g/mol. The van der Waals surface area contributed by atoms with E-state index in [0.717, 1.165) is 5.57 Å². The van der Waals surface area contributed by atoms with Gasteiger partial charge in [-0.25, -0.2) is 4.79 Å². The van der Waals surface area contributed by atoms with Gasteiger partial charge in [-0.15, -0.1) is 0 Å². The minimum atomic E-state index is -0.415. The zero-order valence-corrected chi connectivity index (χ0v) is 15.0. The highest BCUT2D eigenvalue weighted by atomic mass is 16.7. The first-order valence-electron chi connectivity index (χ1n) is 7.55. The van der Waals surface area contributed by atoms with Gasteiger partial charge in [-0.05, 0) is 47.6 Å². The first-order chi connectivity index (χ1) is 10.0. The molecule has 124 valence electrons. The minimum absolute atomic E-state index is 0.110. The molecule has 0 aromatic carbocycles. The van der Waals surface area contributed by atoms with Crippen LogP contribution in [0.25, 0.3) is 0 Å². The topological polar surface area (TPSA) is 48.0 Å². The lowest BCUT2D eigenvalue weighted by Crippen LogP contribution is -2.41. The average molecular weight is 309 g/mol. The molecule has 0 saturated carbocycles. The van der Waals surface area contributed by atoms with Crippen LogP contribution in [0.4, 0.5) is 4.79 Å². The lowest BCUT2D eigenvalue weighted by atomic mass is 9.68. The molecule has 1 heterocycles. The van der Waals surface area contributed by atoms with Gasteiger partial charge in [0.15, 0.2) is 0 Å². The summed E-state index contributed by atoms with van der Waals surface area (Å²) < 4.78 is 17.2. The Bertz CT molecular complexity index is 453. The Morgan fingerprint density at radius 1 is 1.18 bits per heavy atom. The molecule has 1 aliphatic rings. The maximum atomic E-state index is 11.5. The molecule has 1 aliphatic heterocycles. The number of hydrogen-bond donors (Lipinski definition) is 0. The lowest BCUT2D eigenvalue weighted by Gasteiger charge is -2.32. The van der Waals surface area contributed by atoms with Crippen molar-refractivity contribution >= 4 is 13.2 Å². The molecule has 5 nitrogen and oxygen atoms in total. The quantitative estimate of drug-likeness (QED) is 0.452. The van der Waals surface area contributed by atoms with E-state index >= 15 is 0 Å². The number of allylic oxidation sites excluding steroid dienone is 3. The van der Waals surface area contributed by atoms with Crippen molar-refractivity contribution in [3.05, 3.63) is 24.0 Å². The van der Waals surface area contributed by atoms with Crippen LogP contribution in [0.1, 0.15) is 41.5 Å². The van der Waals surface area contributed by atoms with E-state index in [9.17, 15) is 4.79 Å². The van der Waals surface area contributed by atoms with E-state index < -0.39 is 24.4 Å². The predicted molar refractivity (Wildman–Crippen MR) is 88.6 cm³/mol. The van der Waals surface area contributed by atoms with E-state index in [1.54, 1.807) is 20.2 Å². The van der Waals surface area contributed by atoms with Crippen LogP contribution in [0.2, 0.25) is 5.82 Å². The van der Waals surface area contributed by atoms with Crippen LogP contribution in [0.15, 0.2) is 24.0 Å². The maximum Gasteiger partial charge on any atom is 0.469 e. The Hall–Kier alpha value is -1.27. The van der Waals surface area contributed by atoms with Gasteiger partial charge in [0.05, 0.1) is 17.5 Å². The maximum absolute atomic E-state index is 11.5. The molecule has 0 N–H and O–H groups in total. The van der Waals surface area contributed by atoms with Crippen molar-refractivity contribution < 1.29 is 18.8 Å². The van der Waals surface area contributed by atoms with E-state index in [2.05, 4.69) is 0 Å².